The molecule has 2 aromatic carbocycles. The Morgan fingerprint density at radius 3 is 2.39 bits per heavy atom. The molecule has 3 aromatic rings. The Balaban J connectivity index is 1.51. The summed E-state index contributed by atoms with van der Waals surface area (Å²) in [5.41, 5.74) is 3.77. The first-order chi connectivity index (χ1) is 20.0. The van der Waals surface area contributed by atoms with E-state index in [9.17, 15) is 9.59 Å². The summed E-state index contributed by atoms with van der Waals surface area (Å²) in [6.45, 7) is 12.0. The lowest BCUT2D eigenvalue weighted by Gasteiger charge is -2.39. The molecule has 1 saturated heterocycles. The van der Waals surface area contributed by atoms with Gasteiger partial charge in [-0.1, -0.05) is 78.9 Å². The van der Waals surface area contributed by atoms with E-state index in [0.717, 1.165) is 30.8 Å². The summed E-state index contributed by atoms with van der Waals surface area (Å²) in [7, 11) is 0. The average Bonchev–Trinajstić information content (AvgIpc) is 2.99. The highest BCUT2D eigenvalue weighted by Gasteiger charge is 2.39. The highest BCUT2D eigenvalue weighted by atomic mass is 16.5. The van der Waals surface area contributed by atoms with Gasteiger partial charge in [0, 0.05) is 50.5 Å². The molecule has 0 aliphatic carbocycles. The van der Waals surface area contributed by atoms with Gasteiger partial charge in [0.05, 0.1) is 18.1 Å². The minimum atomic E-state index is -0.447. The van der Waals surface area contributed by atoms with Crippen molar-refractivity contribution in [2.75, 3.05) is 49.5 Å². The molecule has 8 nitrogen and oxygen atoms in total. The van der Waals surface area contributed by atoms with Crippen LogP contribution in [0.5, 0.6) is 0 Å². The molecule has 1 fully saturated rings. The zero-order chi connectivity index (χ0) is 28.8. The van der Waals surface area contributed by atoms with E-state index >= 15 is 0 Å². The molecule has 0 bridgehead atoms. The number of carbonyl (C=O) groups is 1. The quantitative estimate of drug-likeness (QED) is 0.306. The van der Waals surface area contributed by atoms with Crippen LogP contribution in [-0.4, -0.2) is 59.8 Å². The molecule has 3 heterocycles. The number of ether oxygens (including phenoxy) is 1. The van der Waals surface area contributed by atoms with Crippen molar-refractivity contribution >= 4 is 23.7 Å². The predicted octanol–water partition coefficient (Wildman–Crippen LogP) is 4.66. The number of piperazine rings is 1. The molecule has 2 aliphatic rings. The van der Waals surface area contributed by atoms with E-state index in [-0.39, 0.29) is 18.3 Å². The van der Waals surface area contributed by atoms with Gasteiger partial charge in [-0.05, 0) is 25.0 Å². The summed E-state index contributed by atoms with van der Waals surface area (Å²) < 4.78 is 7.12. The number of hydrogen-bond donors (Lipinski definition) is 1. The smallest absolute Gasteiger partial charge is 0.351 e. The Morgan fingerprint density at radius 2 is 1.73 bits per heavy atom. The molecule has 0 saturated carbocycles. The minimum absolute atomic E-state index is 0.270. The van der Waals surface area contributed by atoms with E-state index in [2.05, 4.69) is 51.0 Å². The van der Waals surface area contributed by atoms with Crippen LogP contribution in [0.4, 0.5) is 11.6 Å². The molecule has 0 radical (unpaired) electrons. The van der Waals surface area contributed by atoms with Crippen molar-refractivity contribution in [3.63, 3.8) is 0 Å². The number of nitrogens with zero attached hydrogens (tertiary/aromatic N) is 4. The molecule has 1 aromatic heterocycles. The molecule has 41 heavy (non-hydrogen) atoms. The maximum atomic E-state index is 13.4. The summed E-state index contributed by atoms with van der Waals surface area (Å²) in [4.78, 5) is 35.9. The molecule has 0 spiro atoms. The third kappa shape index (κ3) is 6.02. The summed E-state index contributed by atoms with van der Waals surface area (Å²) in [5.74, 6) is 0.435. The van der Waals surface area contributed by atoms with Crippen LogP contribution in [0.25, 0.3) is 6.08 Å². The lowest BCUT2D eigenvalue weighted by atomic mass is 9.81. The lowest BCUT2D eigenvalue weighted by Crippen LogP contribution is -2.48. The topological polar surface area (TPSA) is 79.7 Å². The van der Waals surface area contributed by atoms with Crippen LogP contribution >= 0.6 is 0 Å². The second kappa shape index (κ2) is 12.8. The highest BCUT2D eigenvalue weighted by molar-refractivity contribution is 5.95. The van der Waals surface area contributed by atoms with Gasteiger partial charge in [-0.2, -0.15) is 4.98 Å². The van der Waals surface area contributed by atoms with Gasteiger partial charge in [0.1, 0.15) is 11.6 Å². The molecule has 1 unspecified atom stereocenters. The molecule has 8 heteroatoms. The van der Waals surface area contributed by atoms with Crippen molar-refractivity contribution in [2.24, 2.45) is 0 Å². The van der Waals surface area contributed by atoms with Gasteiger partial charge in [-0.3, -0.25) is 9.47 Å². The van der Waals surface area contributed by atoms with E-state index in [0.29, 0.717) is 42.5 Å². The Kier molecular flexibility index (Phi) is 8.79. The fourth-order valence-corrected chi connectivity index (χ4v) is 5.61. The Bertz CT molecular complexity index is 1500. The summed E-state index contributed by atoms with van der Waals surface area (Å²) in [6.07, 6.45) is 6.02. The number of allylic oxidation sites excluding steroid dienone is 2. The number of anilines is 2. The zero-order valence-corrected chi connectivity index (χ0v) is 23.8. The normalized spacial score (nSPS) is 17.3. The van der Waals surface area contributed by atoms with Crippen molar-refractivity contribution in [1.29, 1.82) is 0 Å². The number of benzene rings is 2. The number of nitrogens with one attached hydrogen (secondary N) is 1. The summed E-state index contributed by atoms with van der Waals surface area (Å²) in [5, 5.41) is 3.38. The van der Waals surface area contributed by atoms with Crippen LogP contribution in [0, 0.1) is 0 Å². The van der Waals surface area contributed by atoms with Crippen LogP contribution in [0.2, 0.25) is 0 Å². The molecule has 212 valence electrons. The first kappa shape index (κ1) is 28.1. The fraction of sp³-hybridized carbons (Fsp3) is 0.303. The number of rotatable bonds is 9. The van der Waals surface area contributed by atoms with Crippen LogP contribution < -0.4 is 15.9 Å². The Labute approximate surface area is 241 Å². The highest BCUT2D eigenvalue weighted by Crippen LogP contribution is 2.45. The van der Waals surface area contributed by atoms with Crippen molar-refractivity contribution in [1.82, 2.24) is 14.5 Å². The Morgan fingerprint density at radius 1 is 1.05 bits per heavy atom. The molecular formula is C33H37N5O3. The Hall–Kier alpha value is -4.43. The zero-order valence-electron chi connectivity index (χ0n) is 23.8. The van der Waals surface area contributed by atoms with E-state index in [1.54, 1.807) is 17.6 Å². The summed E-state index contributed by atoms with van der Waals surface area (Å²) >= 11 is 0. The van der Waals surface area contributed by atoms with Gasteiger partial charge in [0.15, 0.2) is 0 Å². The van der Waals surface area contributed by atoms with Crippen molar-refractivity contribution in [2.45, 2.75) is 26.3 Å². The van der Waals surface area contributed by atoms with E-state index in [1.165, 1.54) is 5.56 Å². The number of esters is 1. The van der Waals surface area contributed by atoms with Gasteiger partial charge in [-0.15, -0.1) is 6.58 Å². The summed E-state index contributed by atoms with van der Waals surface area (Å²) in [6, 6.07) is 20.2. The van der Waals surface area contributed by atoms with E-state index in [4.69, 9.17) is 4.74 Å². The SMILES string of the molecule is C=CCn1c2c(c(N3CCN(C/C=C/c4ccccc4)CC3)nc1=O)C(c1ccccc1)C(C(=O)OCC)=C(C)N2. The van der Waals surface area contributed by atoms with Gasteiger partial charge in [0.2, 0.25) is 0 Å². The third-order valence-corrected chi connectivity index (χ3v) is 7.57. The molecule has 5 rings (SSSR count). The number of carbonyl (C=O) groups excluding carboxylic acids is 1. The van der Waals surface area contributed by atoms with Crippen LogP contribution in [0.15, 0.2) is 95.5 Å². The molecule has 2 aliphatic heterocycles. The van der Waals surface area contributed by atoms with Crippen LogP contribution in [0.1, 0.15) is 36.5 Å². The maximum Gasteiger partial charge on any atom is 0.351 e. The van der Waals surface area contributed by atoms with Crippen molar-refractivity contribution < 1.29 is 9.53 Å². The van der Waals surface area contributed by atoms with E-state index in [1.807, 2.05) is 55.5 Å². The minimum Gasteiger partial charge on any atom is -0.463 e. The van der Waals surface area contributed by atoms with Gasteiger partial charge < -0.3 is 15.0 Å². The van der Waals surface area contributed by atoms with Crippen molar-refractivity contribution in [3.05, 3.63) is 118 Å². The average molecular weight is 552 g/mol. The second-order valence-electron chi connectivity index (χ2n) is 10.2. The number of hydrogen-bond acceptors (Lipinski definition) is 7. The van der Waals surface area contributed by atoms with Crippen LogP contribution in [-0.2, 0) is 16.1 Å². The fourth-order valence-electron chi connectivity index (χ4n) is 5.61. The third-order valence-electron chi connectivity index (χ3n) is 7.57. The standard InChI is InChI=1S/C33H37N5O3/c1-4-18-38-31-29(28(26-16-10-7-11-17-26)27(24(3)34-31)32(39)41-5-2)30(35-33(38)40)37-22-20-36(21-23-37)19-12-15-25-13-8-6-9-14-25/h4,6-17,28,34H,1,5,18-23H2,2-3H3/b15-12+. The lowest BCUT2D eigenvalue weighted by molar-refractivity contribution is -0.138. The molecule has 1 atom stereocenters. The predicted molar refractivity (Wildman–Crippen MR) is 164 cm³/mol. The molecular weight excluding hydrogens is 514 g/mol. The molecule has 0 amide bonds. The maximum absolute atomic E-state index is 13.4. The van der Waals surface area contributed by atoms with Crippen LogP contribution in [0.3, 0.4) is 0 Å². The van der Waals surface area contributed by atoms with Gasteiger partial charge in [0.25, 0.3) is 0 Å². The first-order valence-electron chi connectivity index (χ1n) is 14.2. The number of aromatic nitrogens is 2. The largest absolute Gasteiger partial charge is 0.463 e. The van der Waals surface area contributed by atoms with Gasteiger partial charge in [-0.25, -0.2) is 9.59 Å². The van der Waals surface area contributed by atoms with E-state index < -0.39 is 5.92 Å². The number of fused-ring (bicyclic) bond motifs is 1. The second-order valence-corrected chi connectivity index (χ2v) is 10.2. The van der Waals surface area contributed by atoms with Gasteiger partial charge >= 0.3 is 11.7 Å². The first-order valence-corrected chi connectivity index (χ1v) is 14.2. The van der Waals surface area contributed by atoms with Crippen molar-refractivity contribution in [3.8, 4) is 0 Å². The molecule has 1 N–H and O–H groups in total. The monoisotopic (exact) mass is 551 g/mol.